The Morgan fingerprint density at radius 2 is 2.03 bits per heavy atom. The van der Waals surface area contributed by atoms with Crippen molar-refractivity contribution in [2.24, 2.45) is 0 Å². The van der Waals surface area contributed by atoms with Gasteiger partial charge in [-0.2, -0.15) is 5.10 Å². The Morgan fingerprint density at radius 1 is 1.29 bits per heavy atom. The van der Waals surface area contributed by atoms with Crippen molar-refractivity contribution < 1.29 is 18.8 Å². The second kappa shape index (κ2) is 8.20. The molecular formula is C22H29N5O4. The molecule has 1 fully saturated rings. The Labute approximate surface area is 181 Å². The van der Waals surface area contributed by atoms with Crippen molar-refractivity contribution in [2.45, 2.75) is 71.1 Å². The van der Waals surface area contributed by atoms with Gasteiger partial charge in [-0.05, 0) is 45.7 Å². The highest BCUT2D eigenvalue weighted by Gasteiger charge is 2.48. The van der Waals surface area contributed by atoms with Crippen LogP contribution >= 0.6 is 0 Å². The summed E-state index contributed by atoms with van der Waals surface area (Å²) in [5.74, 6) is 0.534. The molecule has 1 saturated carbocycles. The van der Waals surface area contributed by atoms with Gasteiger partial charge >= 0.3 is 0 Å². The lowest BCUT2D eigenvalue weighted by atomic mass is 9.94. The Bertz CT molecular complexity index is 1000. The van der Waals surface area contributed by atoms with E-state index >= 15 is 0 Å². The Morgan fingerprint density at radius 3 is 2.68 bits per heavy atom. The number of amides is 3. The number of furan rings is 1. The van der Waals surface area contributed by atoms with Crippen LogP contribution in [0.25, 0.3) is 0 Å². The smallest absolute Gasteiger partial charge is 0.273 e. The summed E-state index contributed by atoms with van der Waals surface area (Å²) in [4.78, 5) is 40.5. The fraction of sp³-hybridized carbons (Fsp3) is 0.545. The number of aromatic nitrogens is 2. The van der Waals surface area contributed by atoms with Crippen LogP contribution in [-0.4, -0.2) is 50.5 Å². The summed E-state index contributed by atoms with van der Waals surface area (Å²) in [5, 5.41) is 10.2. The van der Waals surface area contributed by atoms with Gasteiger partial charge in [0.2, 0.25) is 5.91 Å². The zero-order valence-electron chi connectivity index (χ0n) is 18.2. The molecule has 1 aliphatic carbocycles. The zero-order chi connectivity index (χ0) is 22.2. The predicted octanol–water partition coefficient (Wildman–Crippen LogP) is 2.01. The van der Waals surface area contributed by atoms with Crippen molar-refractivity contribution in [2.75, 3.05) is 6.54 Å². The molecule has 1 aliphatic heterocycles. The molecule has 3 amide bonds. The minimum absolute atomic E-state index is 0.142. The van der Waals surface area contributed by atoms with Gasteiger partial charge in [-0.25, -0.2) is 0 Å². The molecule has 9 heteroatoms. The number of hydrogen-bond acceptors (Lipinski definition) is 5. The van der Waals surface area contributed by atoms with Crippen LogP contribution in [0.3, 0.4) is 0 Å². The first kappa shape index (κ1) is 21.1. The predicted molar refractivity (Wildman–Crippen MR) is 112 cm³/mol. The van der Waals surface area contributed by atoms with E-state index in [0.717, 1.165) is 31.4 Å². The van der Waals surface area contributed by atoms with Crippen LogP contribution in [0.1, 0.15) is 72.0 Å². The molecular weight excluding hydrogens is 398 g/mol. The summed E-state index contributed by atoms with van der Waals surface area (Å²) in [6.07, 6.45) is 4.15. The molecule has 31 heavy (non-hydrogen) atoms. The van der Waals surface area contributed by atoms with Gasteiger partial charge in [-0.15, -0.1) is 0 Å². The molecule has 2 aliphatic rings. The normalized spacial score (nSPS) is 21.3. The largest absolute Gasteiger partial charge is 0.465 e. The highest BCUT2D eigenvalue weighted by molar-refractivity contribution is 6.01. The number of carbonyl (C=O) groups is 3. The number of likely N-dealkylation sites (N-methyl/N-ethyl adjacent to an activating group) is 1. The first-order valence-corrected chi connectivity index (χ1v) is 10.9. The third-order valence-corrected chi connectivity index (χ3v) is 6.25. The summed E-state index contributed by atoms with van der Waals surface area (Å²) < 4.78 is 6.94. The van der Waals surface area contributed by atoms with Gasteiger partial charge < -0.3 is 20.0 Å². The first-order chi connectivity index (χ1) is 14.8. The lowest BCUT2D eigenvalue weighted by Gasteiger charge is -2.43. The van der Waals surface area contributed by atoms with Gasteiger partial charge in [0, 0.05) is 18.7 Å². The second-order valence-corrected chi connectivity index (χ2v) is 8.55. The van der Waals surface area contributed by atoms with Crippen molar-refractivity contribution >= 4 is 17.7 Å². The van der Waals surface area contributed by atoms with E-state index in [0.29, 0.717) is 18.0 Å². The minimum atomic E-state index is -1.06. The third-order valence-electron chi connectivity index (χ3n) is 6.25. The molecule has 9 nitrogen and oxygen atoms in total. The average molecular weight is 428 g/mol. The molecule has 2 aromatic heterocycles. The maximum Gasteiger partial charge on any atom is 0.273 e. The maximum atomic E-state index is 13.2. The van der Waals surface area contributed by atoms with Crippen LogP contribution in [0.4, 0.5) is 0 Å². The van der Waals surface area contributed by atoms with Crippen LogP contribution in [0.2, 0.25) is 0 Å². The number of hydrogen-bond donors (Lipinski definition) is 2. The molecule has 2 N–H and O–H groups in total. The van der Waals surface area contributed by atoms with E-state index in [1.165, 1.54) is 10.7 Å². The molecule has 1 unspecified atom stereocenters. The minimum Gasteiger partial charge on any atom is -0.465 e. The average Bonchev–Trinajstić information content (AvgIpc) is 3.47. The fourth-order valence-corrected chi connectivity index (χ4v) is 4.50. The van der Waals surface area contributed by atoms with E-state index in [2.05, 4.69) is 15.7 Å². The van der Waals surface area contributed by atoms with Crippen LogP contribution < -0.4 is 10.6 Å². The molecule has 0 radical (unpaired) electrons. The lowest BCUT2D eigenvalue weighted by Crippen LogP contribution is -2.64. The lowest BCUT2D eigenvalue weighted by molar-refractivity contribution is -0.133. The topological polar surface area (TPSA) is 109 Å². The number of rotatable bonds is 6. The quantitative estimate of drug-likeness (QED) is 0.733. The summed E-state index contributed by atoms with van der Waals surface area (Å²) in [6.45, 7) is 6.26. The van der Waals surface area contributed by atoms with Crippen LogP contribution in [-0.2, 0) is 17.9 Å². The van der Waals surface area contributed by atoms with Gasteiger partial charge in [-0.3, -0.25) is 19.1 Å². The molecule has 2 aromatic rings. The highest BCUT2D eigenvalue weighted by Crippen LogP contribution is 2.28. The zero-order valence-corrected chi connectivity index (χ0v) is 18.2. The van der Waals surface area contributed by atoms with Gasteiger partial charge in [0.1, 0.15) is 22.8 Å². The van der Waals surface area contributed by atoms with Gasteiger partial charge in [0.15, 0.2) is 5.69 Å². The number of nitrogens with one attached hydrogen (secondary N) is 2. The standard InChI is InChI=1S/C22H29N5O4/c1-4-26-20(29)18-11-17(19(28)23-12-16-10-9-14(2)31-16)25-27(18)13-22(26,3)21(30)24-15-7-5-6-8-15/h9-11,15H,4-8,12-13H2,1-3H3,(H,23,28)(H,24,30). The van der Waals surface area contributed by atoms with Crippen LogP contribution in [0.5, 0.6) is 0 Å². The number of aryl methyl sites for hydroxylation is 1. The summed E-state index contributed by atoms with van der Waals surface area (Å²) in [6, 6.07) is 5.27. The van der Waals surface area contributed by atoms with E-state index in [1.54, 1.807) is 17.9 Å². The maximum absolute atomic E-state index is 13.2. The van der Waals surface area contributed by atoms with Gasteiger partial charge in [0.25, 0.3) is 11.8 Å². The molecule has 3 heterocycles. The number of nitrogens with zero attached hydrogens (tertiary/aromatic N) is 3. The highest BCUT2D eigenvalue weighted by atomic mass is 16.3. The number of fused-ring (bicyclic) bond motifs is 1. The molecule has 0 aromatic carbocycles. The van der Waals surface area contributed by atoms with Crippen LogP contribution in [0.15, 0.2) is 22.6 Å². The summed E-state index contributed by atoms with van der Waals surface area (Å²) in [7, 11) is 0. The van der Waals surface area contributed by atoms with Crippen molar-refractivity contribution in [1.29, 1.82) is 0 Å². The van der Waals surface area contributed by atoms with E-state index < -0.39 is 11.4 Å². The molecule has 1 atom stereocenters. The van der Waals surface area contributed by atoms with Gasteiger partial charge in [-0.1, -0.05) is 12.8 Å². The fourth-order valence-electron chi connectivity index (χ4n) is 4.50. The first-order valence-electron chi connectivity index (χ1n) is 10.9. The van der Waals surface area contributed by atoms with Crippen molar-refractivity contribution in [3.05, 3.63) is 41.1 Å². The molecule has 0 spiro atoms. The molecule has 0 bridgehead atoms. The summed E-state index contributed by atoms with van der Waals surface area (Å²) >= 11 is 0. The second-order valence-electron chi connectivity index (χ2n) is 8.55. The van der Waals surface area contributed by atoms with E-state index in [9.17, 15) is 14.4 Å². The van der Waals surface area contributed by atoms with E-state index in [1.807, 2.05) is 19.9 Å². The monoisotopic (exact) mass is 427 g/mol. The molecule has 166 valence electrons. The Kier molecular flexibility index (Phi) is 5.60. The Hall–Kier alpha value is -3.10. The van der Waals surface area contributed by atoms with Crippen molar-refractivity contribution in [3.63, 3.8) is 0 Å². The van der Waals surface area contributed by atoms with Gasteiger partial charge in [0.05, 0.1) is 13.1 Å². The molecule has 0 saturated heterocycles. The SMILES string of the molecule is CCN1C(=O)c2cc(C(=O)NCc3ccc(C)o3)nn2CC1(C)C(=O)NC1CCCC1. The third kappa shape index (κ3) is 3.96. The Balaban J connectivity index is 1.52. The van der Waals surface area contributed by atoms with E-state index in [4.69, 9.17) is 4.42 Å². The number of carbonyl (C=O) groups excluding carboxylic acids is 3. The van der Waals surface area contributed by atoms with E-state index in [-0.39, 0.29) is 36.6 Å². The molecule has 4 rings (SSSR count). The van der Waals surface area contributed by atoms with Crippen LogP contribution in [0, 0.1) is 6.92 Å². The van der Waals surface area contributed by atoms with Crippen molar-refractivity contribution in [3.8, 4) is 0 Å². The summed E-state index contributed by atoms with van der Waals surface area (Å²) in [5.41, 5.74) is -0.609. The van der Waals surface area contributed by atoms with Crippen molar-refractivity contribution in [1.82, 2.24) is 25.3 Å².